The van der Waals surface area contributed by atoms with Gasteiger partial charge in [-0.05, 0) is 19.3 Å². The van der Waals surface area contributed by atoms with Gasteiger partial charge in [0.25, 0.3) is 5.92 Å². The van der Waals surface area contributed by atoms with Crippen molar-refractivity contribution in [3.8, 4) is 0 Å². The van der Waals surface area contributed by atoms with Crippen LogP contribution in [0.2, 0.25) is 0 Å². The van der Waals surface area contributed by atoms with Crippen LogP contribution < -0.4 is 0 Å². The Morgan fingerprint density at radius 3 is 2.83 bits per heavy atom. The number of hydrogen-bond acceptors (Lipinski definition) is 3. The van der Waals surface area contributed by atoms with Crippen LogP contribution >= 0.6 is 0 Å². The molecule has 18 heavy (non-hydrogen) atoms. The van der Waals surface area contributed by atoms with Crippen molar-refractivity contribution >= 4 is 6.09 Å². The monoisotopic (exact) mass is 265 g/mol. The van der Waals surface area contributed by atoms with Gasteiger partial charge in [-0.25, -0.2) is 13.6 Å². The van der Waals surface area contributed by atoms with Crippen molar-refractivity contribution in [3.63, 3.8) is 0 Å². The second kappa shape index (κ2) is 6.87. The molecule has 1 amide bonds. The van der Waals surface area contributed by atoms with E-state index in [0.717, 1.165) is 17.7 Å². The van der Waals surface area contributed by atoms with E-state index >= 15 is 0 Å². The van der Waals surface area contributed by atoms with Crippen LogP contribution in [0.15, 0.2) is 0 Å². The lowest BCUT2D eigenvalue weighted by molar-refractivity contribution is -0.111. The zero-order valence-electron chi connectivity index (χ0n) is 10.7. The molecule has 0 aliphatic carbocycles. The smallest absolute Gasteiger partial charge is 0.409 e. The number of hydrogen-bond donors (Lipinski definition) is 1. The molecule has 1 saturated heterocycles. The normalized spacial score (nSPS) is 22.9. The number of rotatable bonds is 5. The molecule has 1 aliphatic rings. The maximum atomic E-state index is 13.7. The third kappa shape index (κ3) is 4.08. The summed E-state index contributed by atoms with van der Waals surface area (Å²) in [4.78, 5) is 12.6. The molecule has 4 nitrogen and oxygen atoms in total. The van der Waals surface area contributed by atoms with Gasteiger partial charge in [-0.3, -0.25) is 0 Å². The topological polar surface area (TPSA) is 49.8 Å². The first-order valence-electron chi connectivity index (χ1n) is 6.41. The average molecular weight is 265 g/mol. The van der Waals surface area contributed by atoms with E-state index in [1.54, 1.807) is 0 Å². The number of carbonyl (C=O) groups is 1. The number of alkyl halides is 2. The Kier molecular flexibility index (Phi) is 5.78. The number of aliphatic hydroxyl groups excluding tert-OH is 1. The van der Waals surface area contributed by atoms with Gasteiger partial charge in [0, 0.05) is 19.1 Å². The summed E-state index contributed by atoms with van der Waals surface area (Å²) in [7, 11) is 0. The highest BCUT2D eigenvalue weighted by molar-refractivity contribution is 5.67. The van der Waals surface area contributed by atoms with Gasteiger partial charge >= 0.3 is 6.09 Å². The Bertz CT molecular complexity index is 274. The minimum absolute atomic E-state index is 0.0751. The second-order valence-electron chi connectivity index (χ2n) is 4.65. The molecule has 1 atom stereocenters. The lowest BCUT2D eigenvalue weighted by atomic mass is 9.90. The summed E-state index contributed by atoms with van der Waals surface area (Å²) >= 11 is 0. The van der Waals surface area contributed by atoms with Gasteiger partial charge in [-0.2, -0.15) is 0 Å². The summed E-state index contributed by atoms with van der Waals surface area (Å²) < 4.78 is 32.3. The number of carbonyl (C=O) groups excluding carboxylic acids is 1. The van der Waals surface area contributed by atoms with Crippen LogP contribution in [0.1, 0.15) is 32.6 Å². The third-order valence-corrected chi connectivity index (χ3v) is 3.21. The molecular weight excluding hydrogens is 244 g/mol. The number of amides is 1. The highest BCUT2D eigenvalue weighted by Crippen LogP contribution is 2.35. The fraction of sp³-hybridized carbons (Fsp3) is 0.917. The van der Waals surface area contributed by atoms with E-state index in [1.807, 2.05) is 6.92 Å². The van der Waals surface area contributed by atoms with E-state index in [9.17, 15) is 13.6 Å². The fourth-order valence-corrected chi connectivity index (χ4v) is 2.05. The zero-order chi connectivity index (χ0) is 13.6. The third-order valence-electron chi connectivity index (χ3n) is 3.21. The molecule has 1 unspecified atom stereocenters. The Morgan fingerprint density at radius 2 is 2.28 bits per heavy atom. The molecule has 0 radical (unpaired) electrons. The molecule has 0 saturated carbocycles. The number of piperidine rings is 1. The Labute approximate surface area is 106 Å². The van der Waals surface area contributed by atoms with Crippen LogP contribution in [-0.2, 0) is 4.74 Å². The first-order valence-corrected chi connectivity index (χ1v) is 6.41. The van der Waals surface area contributed by atoms with Gasteiger partial charge in [0.15, 0.2) is 0 Å². The molecule has 0 spiro atoms. The summed E-state index contributed by atoms with van der Waals surface area (Å²) in [6.45, 7) is 1.65. The van der Waals surface area contributed by atoms with Crippen LogP contribution in [0.4, 0.5) is 13.6 Å². The number of nitrogens with zero attached hydrogens (tertiary/aromatic N) is 1. The van der Waals surface area contributed by atoms with Crippen molar-refractivity contribution in [1.82, 2.24) is 4.90 Å². The summed E-state index contributed by atoms with van der Waals surface area (Å²) in [5, 5.41) is 8.73. The number of likely N-dealkylation sites (tertiary alicyclic amines) is 1. The lowest BCUT2D eigenvalue weighted by Crippen LogP contribution is -2.51. The van der Waals surface area contributed by atoms with E-state index in [1.165, 1.54) is 0 Å². The number of ether oxygens (including phenoxy) is 1. The Hall–Kier alpha value is -0.910. The molecule has 0 aromatic carbocycles. The van der Waals surface area contributed by atoms with Crippen LogP contribution in [0.3, 0.4) is 0 Å². The van der Waals surface area contributed by atoms with Crippen molar-refractivity contribution in [2.45, 2.75) is 38.5 Å². The van der Waals surface area contributed by atoms with E-state index in [-0.39, 0.29) is 32.6 Å². The molecule has 6 heteroatoms. The van der Waals surface area contributed by atoms with Crippen LogP contribution in [0.5, 0.6) is 0 Å². The van der Waals surface area contributed by atoms with Crippen molar-refractivity contribution in [3.05, 3.63) is 0 Å². The van der Waals surface area contributed by atoms with E-state index in [2.05, 4.69) is 0 Å². The van der Waals surface area contributed by atoms with Gasteiger partial charge in [0.05, 0.1) is 13.2 Å². The highest BCUT2D eigenvalue weighted by atomic mass is 19.3. The van der Waals surface area contributed by atoms with Crippen molar-refractivity contribution in [2.24, 2.45) is 5.92 Å². The molecule has 0 aromatic rings. The van der Waals surface area contributed by atoms with Crippen molar-refractivity contribution in [2.75, 3.05) is 26.3 Å². The predicted molar refractivity (Wildman–Crippen MR) is 62.6 cm³/mol. The van der Waals surface area contributed by atoms with Gasteiger partial charge < -0.3 is 14.7 Å². The van der Waals surface area contributed by atoms with Crippen LogP contribution in [0, 0.1) is 5.92 Å². The van der Waals surface area contributed by atoms with Gasteiger partial charge in [0.2, 0.25) is 0 Å². The van der Waals surface area contributed by atoms with Crippen molar-refractivity contribution in [1.29, 1.82) is 0 Å². The van der Waals surface area contributed by atoms with Crippen molar-refractivity contribution < 1.29 is 23.4 Å². The maximum absolute atomic E-state index is 13.7. The van der Waals surface area contributed by atoms with Gasteiger partial charge in [-0.1, -0.05) is 13.3 Å². The fourth-order valence-electron chi connectivity index (χ4n) is 2.05. The second-order valence-corrected chi connectivity index (χ2v) is 4.65. The predicted octanol–water partition coefficient (Wildman–Crippen LogP) is 2.26. The van der Waals surface area contributed by atoms with Crippen LogP contribution in [0.25, 0.3) is 0 Å². The number of aliphatic hydroxyl groups is 1. The molecule has 1 aliphatic heterocycles. The first-order chi connectivity index (χ1) is 8.51. The van der Waals surface area contributed by atoms with E-state index in [4.69, 9.17) is 9.84 Å². The SMILES string of the molecule is CCCCOC(=O)N1CCC(CCO)C(F)(F)C1. The van der Waals surface area contributed by atoms with E-state index in [0.29, 0.717) is 0 Å². The Balaban J connectivity index is 2.44. The van der Waals surface area contributed by atoms with Gasteiger partial charge in [0.1, 0.15) is 0 Å². The molecule has 0 bridgehead atoms. The quantitative estimate of drug-likeness (QED) is 0.776. The summed E-state index contributed by atoms with van der Waals surface area (Å²) in [6.07, 6.45) is 1.25. The number of unbranched alkanes of at least 4 members (excludes halogenated alkanes) is 1. The van der Waals surface area contributed by atoms with E-state index < -0.39 is 24.5 Å². The summed E-state index contributed by atoms with van der Waals surface area (Å²) in [5.41, 5.74) is 0. The van der Waals surface area contributed by atoms with Crippen LogP contribution in [-0.4, -0.2) is 48.3 Å². The maximum Gasteiger partial charge on any atom is 0.409 e. The molecule has 1 fully saturated rings. The average Bonchev–Trinajstić information content (AvgIpc) is 2.31. The first kappa shape index (κ1) is 15.1. The minimum atomic E-state index is -2.94. The molecule has 106 valence electrons. The highest BCUT2D eigenvalue weighted by Gasteiger charge is 2.45. The molecule has 1 N–H and O–H groups in total. The summed E-state index contributed by atoms with van der Waals surface area (Å²) in [5.74, 6) is -3.78. The Morgan fingerprint density at radius 1 is 1.56 bits per heavy atom. The lowest BCUT2D eigenvalue weighted by Gasteiger charge is -2.37. The van der Waals surface area contributed by atoms with Gasteiger partial charge in [-0.15, -0.1) is 0 Å². The molecule has 0 aromatic heterocycles. The molecular formula is C12H21F2NO3. The molecule has 1 heterocycles. The number of halogens is 2. The largest absolute Gasteiger partial charge is 0.449 e. The summed E-state index contributed by atoms with van der Waals surface area (Å²) in [6, 6.07) is 0. The standard InChI is InChI=1S/C12H21F2NO3/c1-2-3-8-18-11(17)15-6-4-10(5-7-16)12(13,14)9-15/h10,16H,2-9H2,1H3. The molecule has 1 rings (SSSR count). The minimum Gasteiger partial charge on any atom is -0.449 e. The zero-order valence-corrected chi connectivity index (χ0v) is 10.7.